The minimum Gasteiger partial charge on any atom is -0.495 e. The second kappa shape index (κ2) is 4.44. The highest BCUT2D eigenvalue weighted by Crippen LogP contribution is 2.30. The number of nitrogens with zero attached hydrogens (tertiary/aromatic N) is 2. The molecule has 5 nitrogen and oxygen atoms in total. The Hall–Kier alpha value is -2.43. The maximum absolute atomic E-state index is 5.39. The number of benzene rings is 1. The van der Waals surface area contributed by atoms with E-state index in [1.807, 2.05) is 29.0 Å². The van der Waals surface area contributed by atoms with Gasteiger partial charge in [0.25, 0.3) is 6.29 Å². The summed E-state index contributed by atoms with van der Waals surface area (Å²) in [6, 6.07) is 5.78. The van der Waals surface area contributed by atoms with Crippen molar-refractivity contribution in [3.63, 3.8) is 0 Å². The zero-order valence-electron chi connectivity index (χ0n) is 9.82. The van der Waals surface area contributed by atoms with Crippen LogP contribution in [0.3, 0.4) is 0 Å². The molecule has 1 aliphatic rings. The fourth-order valence-corrected chi connectivity index (χ4v) is 1.85. The average molecular weight is 244 g/mol. The molecule has 0 amide bonds. The first-order valence-corrected chi connectivity index (χ1v) is 5.50. The van der Waals surface area contributed by atoms with Crippen molar-refractivity contribution < 1.29 is 14.2 Å². The van der Waals surface area contributed by atoms with Gasteiger partial charge in [0, 0.05) is 18.0 Å². The highest BCUT2D eigenvalue weighted by Gasteiger charge is 2.17. The second-order valence-electron chi connectivity index (χ2n) is 3.78. The molecule has 18 heavy (non-hydrogen) atoms. The number of aromatic nitrogens is 2. The first-order chi connectivity index (χ1) is 8.88. The van der Waals surface area contributed by atoms with Gasteiger partial charge in [0.1, 0.15) is 18.3 Å². The number of hydrogen-bond acceptors (Lipinski definition) is 4. The number of methoxy groups -OCH3 is 1. The summed E-state index contributed by atoms with van der Waals surface area (Å²) in [5.41, 5.74) is 1.82. The highest BCUT2D eigenvalue weighted by molar-refractivity contribution is 5.49. The normalized spacial score (nSPS) is 14.3. The monoisotopic (exact) mass is 244 g/mol. The maximum atomic E-state index is 5.39. The van der Waals surface area contributed by atoms with Crippen LogP contribution in [-0.2, 0) is 9.47 Å². The van der Waals surface area contributed by atoms with E-state index in [9.17, 15) is 0 Å². The lowest BCUT2D eigenvalue weighted by Crippen LogP contribution is -2.01. The fourth-order valence-electron chi connectivity index (χ4n) is 1.85. The third-order valence-corrected chi connectivity index (χ3v) is 2.72. The van der Waals surface area contributed by atoms with Gasteiger partial charge in [-0.25, -0.2) is 4.98 Å². The molecule has 0 fully saturated rings. The van der Waals surface area contributed by atoms with Crippen molar-refractivity contribution in [2.75, 3.05) is 7.11 Å². The standard InChI is InChI=1S/C13H12N2O3/c1-16-12-8-10(13-17-6-7-18-13)2-3-11(12)15-5-4-14-9-15/h2-9,13H,1H3. The van der Waals surface area contributed by atoms with Crippen LogP contribution >= 0.6 is 0 Å². The number of rotatable bonds is 3. The molecule has 1 aliphatic heterocycles. The summed E-state index contributed by atoms with van der Waals surface area (Å²) >= 11 is 0. The maximum Gasteiger partial charge on any atom is 0.266 e. The molecule has 0 radical (unpaired) electrons. The Morgan fingerprint density at radius 2 is 2.11 bits per heavy atom. The molecule has 92 valence electrons. The van der Waals surface area contributed by atoms with Gasteiger partial charge >= 0.3 is 0 Å². The van der Waals surface area contributed by atoms with Crippen molar-refractivity contribution in [1.82, 2.24) is 9.55 Å². The van der Waals surface area contributed by atoms with Crippen LogP contribution < -0.4 is 4.74 Å². The van der Waals surface area contributed by atoms with Crippen molar-refractivity contribution in [2.24, 2.45) is 0 Å². The molecule has 0 spiro atoms. The minimum absolute atomic E-state index is 0.393. The highest BCUT2D eigenvalue weighted by atomic mass is 16.7. The summed E-state index contributed by atoms with van der Waals surface area (Å²) in [5, 5.41) is 0. The van der Waals surface area contributed by atoms with Crippen LogP contribution in [0.2, 0.25) is 0 Å². The molecule has 0 unspecified atom stereocenters. The van der Waals surface area contributed by atoms with Crippen LogP contribution in [0.25, 0.3) is 5.69 Å². The first kappa shape index (κ1) is 10.7. The lowest BCUT2D eigenvalue weighted by molar-refractivity contribution is -0.0247. The van der Waals surface area contributed by atoms with E-state index >= 15 is 0 Å². The van der Waals surface area contributed by atoms with Crippen LogP contribution in [0.1, 0.15) is 11.9 Å². The summed E-state index contributed by atoms with van der Waals surface area (Å²) in [6.45, 7) is 0. The molecule has 2 aromatic rings. The summed E-state index contributed by atoms with van der Waals surface area (Å²) < 4.78 is 17.9. The van der Waals surface area contributed by atoms with E-state index in [4.69, 9.17) is 14.2 Å². The molecule has 0 bridgehead atoms. The van der Waals surface area contributed by atoms with Crippen molar-refractivity contribution >= 4 is 0 Å². The van der Waals surface area contributed by atoms with Crippen LogP contribution in [0.4, 0.5) is 0 Å². The Bertz CT molecular complexity index is 556. The van der Waals surface area contributed by atoms with Gasteiger partial charge in [-0.15, -0.1) is 0 Å². The average Bonchev–Trinajstić information content (AvgIpc) is 3.11. The van der Waals surface area contributed by atoms with Crippen molar-refractivity contribution in [1.29, 1.82) is 0 Å². The third kappa shape index (κ3) is 1.79. The molecular formula is C13H12N2O3. The number of imidazole rings is 1. The number of ether oxygens (including phenoxy) is 3. The van der Waals surface area contributed by atoms with Gasteiger partial charge in [-0.3, -0.25) is 0 Å². The van der Waals surface area contributed by atoms with Crippen molar-refractivity contribution in [2.45, 2.75) is 6.29 Å². The van der Waals surface area contributed by atoms with Crippen LogP contribution in [0.15, 0.2) is 49.4 Å². The van der Waals surface area contributed by atoms with Crippen molar-refractivity contribution in [3.05, 3.63) is 55.0 Å². The minimum atomic E-state index is -0.393. The van der Waals surface area contributed by atoms with Gasteiger partial charge in [-0.1, -0.05) is 0 Å². The van der Waals surface area contributed by atoms with Gasteiger partial charge in [0.2, 0.25) is 0 Å². The summed E-state index contributed by atoms with van der Waals surface area (Å²) in [5.74, 6) is 0.740. The van der Waals surface area contributed by atoms with E-state index in [0.29, 0.717) is 0 Å². The van der Waals surface area contributed by atoms with E-state index in [2.05, 4.69) is 4.98 Å². The molecule has 1 aromatic carbocycles. The third-order valence-electron chi connectivity index (χ3n) is 2.72. The number of hydrogen-bond donors (Lipinski definition) is 0. The lowest BCUT2D eigenvalue weighted by Gasteiger charge is -2.14. The van der Waals surface area contributed by atoms with Gasteiger partial charge in [-0.2, -0.15) is 0 Å². The molecule has 2 heterocycles. The molecular weight excluding hydrogens is 232 g/mol. The van der Waals surface area contributed by atoms with Gasteiger partial charge in [0.05, 0.1) is 19.1 Å². The molecule has 0 atom stereocenters. The Morgan fingerprint density at radius 3 is 2.78 bits per heavy atom. The van der Waals surface area contributed by atoms with E-state index in [-0.39, 0.29) is 0 Å². The molecule has 3 rings (SSSR count). The Labute approximate surface area is 104 Å². The largest absolute Gasteiger partial charge is 0.495 e. The summed E-state index contributed by atoms with van der Waals surface area (Å²) in [7, 11) is 1.63. The Balaban J connectivity index is 1.97. The predicted octanol–water partition coefficient (Wildman–Crippen LogP) is 2.40. The second-order valence-corrected chi connectivity index (χ2v) is 3.78. The zero-order valence-corrected chi connectivity index (χ0v) is 9.82. The van der Waals surface area contributed by atoms with Gasteiger partial charge in [0.15, 0.2) is 0 Å². The summed E-state index contributed by atoms with van der Waals surface area (Å²) in [6.07, 6.45) is 7.97. The Morgan fingerprint density at radius 1 is 1.28 bits per heavy atom. The molecule has 0 saturated carbocycles. The van der Waals surface area contributed by atoms with Crippen molar-refractivity contribution in [3.8, 4) is 11.4 Å². The van der Waals surface area contributed by atoms with E-state index in [1.54, 1.807) is 19.6 Å². The zero-order chi connectivity index (χ0) is 12.4. The van der Waals surface area contributed by atoms with Gasteiger partial charge in [-0.05, 0) is 18.2 Å². The van der Waals surface area contributed by atoms with E-state index in [1.165, 1.54) is 12.5 Å². The lowest BCUT2D eigenvalue weighted by atomic mass is 10.1. The van der Waals surface area contributed by atoms with Gasteiger partial charge < -0.3 is 18.8 Å². The molecule has 0 N–H and O–H groups in total. The van der Waals surface area contributed by atoms with E-state index in [0.717, 1.165) is 17.0 Å². The Kier molecular flexibility index (Phi) is 2.64. The van der Waals surface area contributed by atoms with E-state index < -0.39 is 6.29 Å². The SMILES string of the molecule is COc1cc(C2OC=CO2)ccc1-n1ccnc1. The smallest absolute Gasteiger partial charge is 0.266 e. The van der Waals surface area contributed by atoms with Crippen LogP contribution in [0, 0.1) is 0 Å². The molecule has 5 heteroatoms. The first-order valence-electron chi connectivity index (χ1n) is 5.50. The summed E-state index contributed by atoms with van der Waals surface area (Å²) in [4.78, 5) is 4.02. The van der Waals surface area contributed by atoms with Crippen LogP contribution in [-0.4, -0.2) is 16.7 Å². The molecule has 1 aromatic heterocycles. The quantitative estimate of drug-likeness (QED) is 0.831. The topological polar surface area (TPSA) is 45.5 Å². The predicted molar refractivity (Wildman–Crippen MR) is 64.2 cm³/mol. The van der Waals surface area contributed by atoms with Crippen LogP contribution in [0.5, 0.6) is 5.75 Å². The molecule has 0 saturated heterocycles. The molecule has 0 aliphatic carbocycles. The fraction of sp³-hybridized carbons (Fsp3) is 0.154.